The number of ether oxygens (including phenoxy) is 4. The molecule has 0 aromatic carbocycles. The van der Waals surface area contributed by atoms with Crippen LogP contribution in [0.15, 0.2) is 0 Å². The van der Waals surface area contributed by atoms with Gasteiger partial charge in [0.1, 0.15) is 54.9 Å². The normalized spacial score (nSPS) is 41.7. The molecule has 11 atom stereocenters. The van der Waals surface area contributed by atoms with Crippen LogP contribution < -0.4 is 0 Å². The van der Waals surface area contributed by atoms with Crippen molar-refractivity contribution in [3.8, 4) is 0 Å². The van der Waals surface area contributed by atoms with Crippen LogP contribution in [0.25, 0.3) is 0 Å². The molecule has 2 aliphatic heterocycles. The summed E-state index contributed by atoms with van der Waals surface area (Å²) in [7, 11) is 0. The SMILES string of the molecule is O=C[C@H](O)[C@H](O[C@H]1O[C@H](CO)[C@@H](O)[C@H]1O[C@H]1O[C@H](CO)[C@@H](O)[C@H]1O)[C@H](O)CO. The lowest BCUT2D eigenvalue weighted by Gasteiger charge is -2.30. The molecule has 2 aliphatic rings. The van der Waals surface area contributed by atoms with Crippen molar-refractivity contribution < 1.29 is 64.6 Å². The Morgan fingerprint density at radius 3 is 1.96 bits per heavy atom. The van der Waals surface area contributed by atoms with E-state index in [1.807, 2.05) is 0 Å². The number of hydrogen-bond donors (Lipinski definition) is 8. The summed E-state index contributed by atoms with van der Waals surface area (Å²) in [6.45, 7) is -2.15. The second-order valence-electron chi connectivity index (χ2n) is 6.50. The van der Waals surface area contributed by atoms with Gasteiger partial charge in [-0.05, 0) is 0 Å². The Kier molecular flexibility index (Phi) is 8.62. The zero-order valence-electron chi connectivity index (χ0n) is 14.7. The molecule has 164 valence electrons. The van der Waals surface area contributed by atoms with Gasteiger partial charge in [-0.1, -0.05) is 0 Å². The maximum Gasteiger partial charge on any atom is 0.187 e. The predicted molar refractivity (Wildman–Crippen MR) is 84.4 cm³/mol. The van der Waals surface area contributed by atoms with Crippen LogP contribution in [0.4, 0.5) is 0 Å². The monoisotopic (exact) mass is 414 g/mol. The lowest BCUT2D eigenvalue weighted by Crippen LogP contribution is -2.49. The van der Waals surface area contributed by atoms with Crippen molar-refractivity contribution in [1.29, 1.82) is 0 Å². The lowest BCUT2D eigenvalue weighted by molar-refractivity contribution is -0.270. The van der Waals surface area contributed by atoms with E-state index in [9.17, 15) is 35.4 Å². The van der Waals surface area contributed by atoms with Gasteiger partial charge in [-0.15, -0.1) is 0 Å². The van der Waals surface area contributed by atoms with E-state index in [2.05, 4.69) is 0 Å². The molecule has 2 rings (SSSR count). The molecule has 0 spiro atoms. The highest BCUT2D eigenvalue weighted by molar-refractivity contribution is 5.56. The van der Waals surface area contributed by atoms with E-state index in [0.717, 1.165) is 0 Å². The van der Waals surface area contributed by atoms with Crippen molar-refractivity contribution in [2.75, 3.05) is 19.8 Å². The Morgan fingerprint density at radius 1 is 0.893 bits per heavy atom. The van der Waals surface area contributed by atoms with Crippen LogP contribution in [0.1, 0.15) is 0 Å². The van der Waals surface area contributed by atoms with Crippen molar-refractivity contribution in [1.82, 2.24) is 0 Å². The van der Waals surface area contributed by atoms with Gasteiger partial charge in [-0.3, -0.25) is 0 Å². The fourth-order valence-electron chi connectivity index (χ4n) is 2.98. The number of aldehydes is 1. The van der Waals surface area contributed by atoms with Crippen LogP contribution in [-0.4, -0.2) is 134 Å². The van der Waals surface area contributed by atoms with Gasteiger partial charge in [0, 0.05) is 0 Å². The number of carbonyl (C=O) groups is 1. The molecule has 0 radical (unpaired) electrons. The molecule has 2 fully saturated rings. The lowest BCUT2D eigenvalue weighted by atomic mass is 10.1. The Labute approximate surface area is 159 Å². The smallest absolute Gasteiger partial charge is 0.187 e. The zero-order chi connectivity index (χ0) is 21.0. The first-order valence-corrected chi connectivity index (χ1v) is 8.59. The Balaban J connectivity index is 2.16. The van der Waals surface area contributed by atoms with E-state index in [4.69, 9.17) is 29.2 Å². The summed E-state index contributed by atoms with van der Waals surface area (Å²) >= 11 is 0. The predicted octanol–water partition coefficient (Wildman–Crippen LogP) is -5.81. The molecule has 2 heterocycles. The van der Waals surface area contributed by atoms with E-state index in [-0.39, 0.29) is 6.29 Å². The van der Waals surface area contributed by atoms with Crippen LogP contribution in [0.5, 0.6) is 0 Å². The first-order valence-electron chi connectivity index (χ1n) is 8.59. The zero-order valence-corrected chi connectivity index (χ0v) is 14.7. The van der Waals surface area contributed by atoms with Crippen molar-refractivity contribution in [2.24, 2.45) is 0 Å². The Morgan fingerprint density at radius 2 is 1.46 bits per heavy atom. The molecule has 2 saturated heterocycles. The van der Waals surface area contributed by atoms with Crippen LogP contribution in [-0.2, 0) is 23.7 Å². The summed E-state index contributed by atoms with van der Waals surface area (Å²) in [6.07, 6.45) is -16.6. The third-order valence-corrected chi connectivity index (χ3v) is 4.60. The van der Waals surface area contributed by atoms with Crippen molar-refractivity contribution in [2.45, 2.75) is 67.5 Å². The Hall–Kier alpha value is -0.810. The van der Waals surface area contributed by atoms with Gasteiger partial charge in [-0.25, -0.2) is 0 Å². The molecule has 0 amide bonds. The highest BCUT2D eigenvalue weighted by atomic mass is 16.8. The summed E-state index contributed by atoms with van der Waals surface area (Å²) in [5.41, 5.74) is 0. The highest BCUT2D eigenvalue weighted by Gasteiger charge is 2.52. The molecular formula is C15H26O13. The number of aliphatic hydroxyl groups is 8. The molecular weight excluding hydrogens is 388 g/mol. The summed E-state index contributed by atoms with van der Waals surface area (Å²) in [5, 5.41) is 76.9. The Bertz CT molecular complexity index is 493. The summed E-state index contributed by atoms with van der Waals surface area (Å²) in [6, 6.07) is 0. The van der Waals surface area contributed by atoms with Crippen LogP contribution >= 0.6 is 0 Å². The van der Waals surface area contributed by atoms with Gasteiger partial charge >= 0.3 is 0 Å². The first kappa shape index (κ1) is 23.5. The largest absolute Gasteiger partial charge is 0.394 e. The average molecular weight is 414 g/mol. The second kappa shape index (κ2) is 10.3. The van der Waals surface area contributed by atoms with E-state index < -0.39 is 87.3 Å². The van der Waals surface area contributed by atoms with Gasteiger partial charge in [0.2, 0.25) is 0 Å². The van der Waals surface area contributed by atoms with Crippen molar-refractivity contribution in [3.63, 3.8) is 0 Å². The van der Waals surface area contributed by atoms with Crippen LogP contribution in [0.2, 0.25) is 0 Å². The maximum absolute atomic E-state index is 10.8. The summed E-state index contributed by atoms with van der Waals surface area (Å²) < 4.78 is 21.1. The van der Waals surface area contributed by atoms with Gasteiger partial charge in [-0.2, -0.15) is 0 Å². The fraction of sp³-hybridized carbons (Fsp3) is 0.933. The molecule has 0 aromatic rings. The maximum atomic E-state index is 10.8. The standard InChI is InChI=1S/C15H26O13/c16-1-5(20)12(6(21)2-17)27-15-13(10(23)8(4-19)26-15)28-14-11(24)9(22)7(3-18)25-14/h1,5-15,17-24H,2-4H2/t5-,6+,7+,8+,9+,10+,11+,12-,13+,14+,15+/m0/s1. The molecule has 8 N–H and O–H groups in total. The molecule has 13 heteroatoms. The molecule has 0 aromatic heterocycles. The molecule has 0 unspecified atom stereocenters. The first-order chi connectivity index (χ1) is 13.3. The topological polar surface area (TPSA) is 216 Å². The molecule has 0 bridgehead atoms. The second-order valence-corrected chi connectivity index (χ2v) is 6.50. The van der Waals surface area contributed by atoms with Gasteiger partial charge in [0.05, 0.1) is 19.8 Å². The van der Waals surface area contributed by atoms with Crippen LogP contribution in [0, 0.1) is 0 Å². The third kappa shape index (κ3) is 4.84. The van der Waals surface area contributed by atoms with Gasteiger partial charge in [0.15, 0.2) is 18.9 Å². The minimum absolute atomic E-state index is 0.0559. The van der Waals surface area contributed by atoms with E-state index in [1.165, 1.54) is 0 Å². The number of hydrogen-bond acceptors (Lipinski definition) is 13. The number of rotatable bonds is 10. The third-order valence-electron chi connectivity index (χ3n) is 4.60. The average Bonchev–Trinajstić information content (AvgIpc) is 3.15. The molecule has 13 nitrogen and oxygen atoms in total. The van der Waals surface area contributed by atoms with Gasteiger partial charge < -0.3 is 64.6 Å². The molecule has 0 saturated carbocycles. The summed E-state index contributed by atoms with van der Waals surface area (Å²) in [4.78, 5) is 10.8. The quantitative estimate of drug-likeness (QED) is 0.156. The minimum Gasteiger partial charge on any atom is -0.394 e. The van der Waals surface area contributed by atoms with Crippen molar-refractivity contribution in [3.05, 3.63) is 0 Å². The van der Waals surface area contributed by atoms with E-state index in [1.54, 1.807) is 0 Å². The fourth-order valence-corrected chi connectivity index (χ4v) is 2.98. The number of carbonyl (C=O) groups excluding carboxylic acids is 1. The highest BCUT2D eigenvalue weighted by Crippen LogP contribution is 2.31. The minimum atomic E-state index is -1.86. The number of aliphatic hydroxyl groups excluding tert-OH is 8. The van der Waals surface area contributed by atoms with E-state index >= 15 is 0 Å². The summed E-state index contributed by atoms with van der Waals surface area (Å²) in [5.74, 6) is 0. The van der Waals surface area contributed by atoms with Gasteiger partial charge in [0.25, 0.3) is 0 Å². The molecule has 28 heavy (non-hydrogen) atoms. The van der Waals surface area contributed by atoms with Crippen molar-refractivity contribution >= 4 is 6.29 Å². The molecule has 0 aliphatic carbocycles. The van der Waals surface area contributed by atoms with Crippen LogP contribution in [0.3, 0.4) is 0 Å². The van der Waals surface area contributed by atoms with E-state index in [0.29, 0.717) is 0 Å².